The molecule has 26 heavy (non-hydrogen) atoms. The lowest BCUT2D eigenvalue weighted by Crippen LogP contribution is -2.30. The maximum absolute atomic E-state index is 11.8. The predicted octanol–water partition coefficient (Wildman–Crippen LogP) is 2.27. The minimum Gasteiger partial charge on any atom is -0.469 e. The molecular weight excluding hydrogens is 362 g/mol. The van der Waals surface area contributed by atoms with E-state index < -0.39 is 16.9 Å². The van der Waals surface area contributed by atoms with E-state index in [2.05, 4.69) is 19.7 Å². The Morgan fingerprint density at radius 1 is 1.38 bits per heavy atom. The second-order valence-corrected chi connectivity index (χ2v) is 5.63. The minimum absolute atomic E-state index is 0.0196. The molecular formula is C15H13N5O5S. The number of non-ortho nitro benzene ring substituents is 1. The predicted molar refractivity (Wildman–Crippen MR) is 92.6 cm³/mol. The Balaban J connectivity index is 2.10. The van der Waals surface area contributed by atoms with Gasteiger partial charge in [0.25, 0.3) is 5.69 Å². The van der Waals surface area contributed by atoms with Crippen LogP contribution in [0.1, 0.15) is 12.0 Å². The molecule has 1 aromatic carbocycles. The van der Waals surface area contributed by atoms with Crippen LogP contribution < -0.4 is 10.6 Å². The third-order valence-electron chi connectivity index (χ3n) is 3.22. The van der Waals surface area contributed by atoms with Crippen LogP contribution in [0.5, 0.6) is 0 Å². The average molecular weight is 375 g/mol. The van der Waals surface area contributed by atoms with E-state index >= 15 is 0 Å². The van der Waals surface area contributed by atoms with E-state index in [0.717, 1.165) is 11.5 Å². The zero-order chi connectivity index (χ0) is 19.1. The number of nitrogens with one attached hydrogen (secondary N) is 2. The summed E-state index contributed by atoms with van der Waals surface area (Å²) in [6, 6.07) is 6.95. The molecule has 0 bridgehead atoms. The van der Waals surface area contributed by atoms with Gasteiger partial charge >= 0.3 is 12.0 Å². The van der Waals surface area contributed by atoms with Gasteiger partial charge in [-0.15, -0.1) is 0 Å². The molecule has 1 heterocycles. The van der Waals surface area contributed by atoms with Gasteiger partial charge in [-0.3, -0.25) is 20.2 Å². The normalized spacial score (nSPS) is 9.85. The molecule has 134 valence electrons. The Hall–Kier alpha value is -3.52. The number of nitro groups is 1. The van der Waals surface area contributed by atoms with Gasteiger partial charge in [0.15, 0.2) is 0 Å². The monoisotopic (exact) mass is 375 g/mol. The summed E-state index contributed by atoms with van der Waals surface area (Å²) in [5.74, 6) is -0.457. The molecule has 0 unspecified atom stereocenters. The van der Waals surface area contributed by atoms with Crippen molar-refractivity contribution in [3.05, 3.63) is 39.9 Å². The topological polar surface area (TPSA) is 147 Å². The van der Waals surface area contributed by atoms with Crippen LogP contribution in [0.25, 0.3) is 11.3 Å². The summed E-state index contributed by atoms with van der Waals surface area (Å²) in [5.41, 5.74) is 0.901. The van der Waals surface area contributed by atoms with Crippen molar-refractivity contribution >= 4 is 34.2 Å². The zero-order valence-corrected chi connectivity index (χ0v) is 14.3. The number of esters is 1. The number of nitro benzene ring substituents is 1. The molecule has 2 aromatic rings. The number of methoxy groups -OCH3 is 1. The number of rotatable bonds is 6. The molecule has 0 fully saturated rings. The van der Waals surface area contributed by atoms with Crippen LogP contribution in [0, 0.1) is 21.4 Å². The van der Waals surface area contributed by atoms with E-state index in [1.54, 1.807) is 0 Å². The van der Waals surface area contributed by atoms with Gasteiger partial charge in [-0.25, -0.2) is 4.79 Å². The Bertz CT molecular complexity index is 872. The van der Waals surface area contributed by atoms with Gasteiger partial charge in [0.05, 0.1) is 18.5 Å². The molecule has 0 saturated carbocycles. The van der Waals surface area contributed by atoms with Crippen molar-refractivity contribution in [2.75, 3.05) is 19.0 Å². The van der Waals surface area contributed by atoms with Crippen molar-refractivity contribution in [1.29, 1.82) is 5.26 Å². The Morgan fingerprint density at radius 2 is 2.08 bits per heavy atom. The van der Waals surface area contributed by atoms with Crippen molar-refractivity contribution in [3.8, 4) is 17.3 Å². The standard InChI is InChI=1S/C15H13N5O5S/c1-25-12(21)6-7-17-15(22)18-14-11(8-16)13(19-26-14)9-2-4-10(5-3-9)20(23)24/h2-5H,6-7H2,1H3,(H2,17,18,22). The summed E-state index contributed by atoms with van der Waals surface area (Å²) in [6.07, 6.45) is 0.0196. The quantitative estimate of drug-likeness (QED) is 0.447. The molecule has 2 N–H and O–H groups in total. The van der Waals surface area contributed by atoms with Crippen molar-refractivity contribution in [1.82, 2.24) is 9.69 Å². The molecule has 2 rings (SSSR count). The molecule has 1 aromatic heterocycles. The summed E-state index contributed by atoms with van der Waals surface area (Å²) in [5, 5.41) is 25.3. The third-order valence-corrected chi connectivity index (χ3v) is 3.99. The van der Waals surface area contributed by atoms with Crippen molar-refractivity contribution in [2.45, 2.75) is 6.42 Å². The van der Waals surface area contributed by atoms with E-state index in [-0.39, 0.29) is 29.2 Å². The summed E-state index contributed by atoms with van der Waals surface area (Å²) >= 11 is 0.909. The molecule has 0 radical (unpaired) electrons. The summed E-state index contributed by atoms with van der Waals surface area (Å²) in [4.78, 5) is 33.0. The van der Waals surface area contributed by atoms with Crippen LogP contribution in [0.15, 0.2) is 24.3 Å². The number of nitriles is 1. The highest BCUT2D eigenvalue weighted by molar-refractivity contribution is 7.11. The molecule has 0 aliphatic rings. The molecule has 2 amide bonds. The summed E-state index contributed by atoms with van der Waals surface area (Å²) in [7, 11) is 1.25. The lowest BCUT2D eigenvalue weighted by Gasteiger charge is -2.05. The molecule has 0 atom stereocenters. The van der Waals surface area contributed by atoms with Gasteiger partial charge in [-0.05, 0) is 23.7 Å². The van der Waals surface area contributed by atoms with E-state index in [1.807, 2.05) is 6.07 Å². The smallest absolute Gasteiger partial charge is 0.319 e. The Kier molecular flexibility index (Phi) is 6.18. The largest absolute Gasteiger partial charge is 0.469 e. The first-order chi connectivity index (χ1) is 12.5. The lowest BCUT2D eigenvalue weighted by molar-refractivity contribution is -0.384. The number of anilines is 1. The van der Waals surface area contributed by atoms with Gasteiger partial charge in [0, 0.05) is 24.2 Å². The molecule has 0 aliphatic carbocycles. The summed E-state index contributed by atoms with van der Waals surface area (Å²) < 4.78 is 8.60. The third kappa shape index (κ3) is 4.52. The SMILES string of the molecule is COC(=O)CCNC(=O)Nc1snc(-c2ccc([N+](=O)[O-])cc2)c1C#N. The van der Waals surface area contributed by atoms with Crippen LogP contribution >= 0.6 is 11.5 Å². The van der Waals surface area contributed by atoms with Crippen LogP contribution in [-0.2, 0) is 9.53 Å². The van der Waals surface area contributed by atoms with Gasteiger partial charge in [-0.2, -0.15) is 9.64 Å². The fourth-order valence-electron chi connectivity index (χ4n) is 1.94. The number of carbonyl (C=O) groups is 2. The number of amides is 2. The molecule has 10 nitrogen and oxygen atoms in total. The van der Waals surface area contributed by atoms with E-state index in [1.165, 1.54) is 31.4 Å². The second kappa shape index (κ2) is 8.54. The summed E-state index contributed by atoms with van der Waals surface area (Å²) in [6.45, 7) is 0.0778. The van der Waals surface area contributed by atoms with Gasteiger partial charge < -0.3 is 10.1 Å². The highest BCUT2D eigenvalue weighted by atomic mass is 32.1. The Labute approximate surface area is 151 Å². The number of urea groups is 1. The van der Waals surface area contributed by atoms with Crippen LogP contribution in [0.3, 0.4) is 0 Å². The van der Waals surface area contributed by atoms with Crippen molar-refractivity contribution in [2.24, 2.45) is 0 Å². The highest BCUT2D eigenvalue weighted by Gasteiger charge is 2.18. The second-order valence-electron chi connectivity index (χ2n) is 4.86. The molecule has 0 saturated heterocycles. The number of benzene rings is 1. The van der Waals surface area contributed by atoms with Crippen LogP contribution in [0.4, 0.5) is 15.5 Å². The van der Waals surface area contributed by atoms with Crippen molar-refractivity contribution < 1.29 is 19.2 Å². The molecule has 0 spiro atoms. The lowest BCUT2D eigenvalue weighted by atomic mass is 10.1. The van der Waals surface area contributed by atoms with E-state index in [9.17, 15) is 25.0 Å². The first-order valence-electron chi connectivity index (χ1n) is 7.22. The van der Waals surface area contributed by atoms with Crippen molar-refractivity contribution in [3.63, 3.8) is 0 Å². The first-order valence-corrected chi connectivity index (χ1v) is 8.00. The maximum Gasteiger partial charge on any atom is 0.319 e. The number of carbonyl (C=O) groups excluding carboxylic acids is 2. The fourth-order valence-corrected chi connectivity index (χ4v) is 2.70. The van der Waals surface area contributed by atoms with Gasteiger partial charge in [0.1, 0.15) is 22.3 Å². The number of aromatic nitrogens is 1. The van der Waals surface area contributed by atoms with Crippen LogP contribution in [0.2, 0.25) is 0 Å². The molecule has 11 heteroatoms. The number of hydrogen-bond donors (Lipinski definition) is 2. The highest BCUT2D eigenvalue weighted by Crippen LogP contribution is 2.32. The van der Waals surface area contributed by atoms with E-state index in [0.29, 0.717) is 11.3 Å². The first kappa shape index (κ1) is 18.8. The van der Waals surface area contributed by atoms with Gasteiger partial charge in [-0.1, -0.05) is 0 Å². The minimum atomic E-state index is -0.593. The number of ether oxygens (including phenoxy) is 1. The Morgan fingerprint density at radius 3 is 2.65 bits per heavy atom. The van der Waals surface area contributed by atoms with Gasteiger partial charge in [0.2, 0.25) is 0 Å². The van der Waals surface area contributed by atoms with Crippen LogP contribution in [-0.4, -0.2) is 35.0 Å². The number of hydrogen-bond acceptors (Lipinski definition) is 8. The fraction of sp³-hybridized carbons (Fsp3) is 0.200. The number of nitrogens with zero attached hydrogens (tertiary/aromatic N) is 3. The maximum atomic E-state index is 11.8. The average Bonchev–Trinajstić information content (AvgIpc) is 3.03. The zero-order valence-electron chi connectivity index (χ0n) is 13.5. The van der Waals surface area contributed by atoms with E-state index in [4.69, 9.17) is 0 Å². The molecule has 0 aliphatic heterocycles.